The Labute approximate surface area is 106 Å². The van der Waals surface area contributed by atoms with Crippen molar-refractivity contribution < 1.29 is 5.11 Å². The van der Waals surface area contributed by atoms with Crippen LogP contribution in [0.25, 0.3) is 0 Å². The van der Waals surface area contributed by atoms with Crippen molar-refractivity contribution in [3.05, 3.63) is 51.7 Å². The van der Waals surface area contributed by atoms with Crippen LogP contribution < -0.4 is 5.32 Å². The lowest BCUT2D eigenvalue weighted by molar-refractivity contribution is 0.277. The van der Waals surface area contributed by atoms with E-state index in [1.807, 2.05) is 12.1 Å². The third-order valence-electron chi connectivity index (χ3n) is 2.79. The van der Waals surface area contributed by atoms with Crippen molar-refractivity contribution in [1.29, 1.82) is 0 Å². The highest BCUT2D eigenvalue weighted by atomic mass is 32.1. The van der Waals surface area contributed by atoms with Crippen LogP contribution in [-0.4, -0.2) is 11.7 Å². The molecule has 2 aromatic rings. The van der Waals surface area contributed by atoms with E-state index in [2.05, 4.69) is 42.7 Å². The van der Waals surface area contributed by atoms with Gasteiger partial charge in [0.05, 0.1) is 12.6 Å². The zero-order valence-corrected chi connectivity index (χ0v) is 10.9. The van der Waals surface area contributed by atoms with Gasteiger partial charge in [0, 0.05) is 10.6 Å². The molecular weight excluding hydrogens is 230 g/mol. The summed E-state index contributed by atoms with van der Waals surface area (Å²) in [5.74, 6) is 0. The van der Waals surface area contributed by atoms with Crippen LogP contribution in [0, 0.1) is 13.8 Å². The summed E-state index contributed by atoms with van der Waals surface area (Å²) in [6, 6.07) is 10.3. The van der Waals surface area contributed by atoms with Gasteiger partial charge in [0.1, 0.15) is 0 Å². The SMILES string of the molecule is Cc1ccc(NC(CO)c2sccc2C)cc1. The van der Waals surface area contributed by atoms with Crippen LogP contribution in [0.2, 0.25) is 0 Å². The lowest BCUT2D eigenvalue weighted by Gasteiger charge is -2.17. The summed E-state index contributed by atoms with van der Waals surface area (Å²) in [6.07, 6.45) is 0. The normalized spacial score (nSPS) is 12.4. The molecule has 1 aromatic carbocycles. The van der Waals surface area contributed by atoms with Gasteiger partial charge in [0.15, 0.2) is 0 Å². The van der Waals surface area contributed by atoms with Crippen LogP contribution in [0.5, 0.6) is 0 Å². The number of hydrogen-bond acceptors (Lipinski definition) is 3. The first kappa shape index (κ1) is 12.1. The van der Waals surface area contributed by atoms with E-state index < -0.39 is 0 Å². The molecule has 2 rings (SSSR count). The zero-order chi connectivity index (χ0) is 12.3. The molecule has 0 saturated heterocycles. The van der Waals surface area contributed by atoms with Crippen molar-refractivity contribution in [3.63, 3.8) is 0 Å². The molecule has 0 aliphatic heterocycles. The maximum absolute atomic E-state index is 9.48. The Hall–Kier alpha value is -1.32. The van der Waals surface area contributed by atoms with Gasteiger partial charge in [-0.3, -0.25) is 0 Å². The lowest BCUT2D eigenvalue weighted by Crippen LogP contribution is -2.14. The van der Waals surface area contributed by atoms with Crippen LogP contribution in [0.1, 0.15) is 22.0 Å². The summed E-state index contributed by atoms with van der Waals surface area (Å²) in [4.78, 5) is 1.20. The molecule has 0 aliphatic rings. The van der Waals surface area contributed by atoms with Crippen molar-refractivity contribution in [1.82, 2.24) is 0 Å². The fourth-order valence-electron chi connectivity index (χ4n) is 1.79. The number of aliphatic hydroxyl groups excluding tert-OH is 1. The number of nitrogens with one attached hydrogen (secondary N) is 1. The molecule has 2 N–H and O–H groups in total. The highest BCUT2D eigenvalue weighted by molar-refractivity contribution is 7.10. The van der Waals surface area contributed by atoms with Crippen LogP contribution in [0.4, 0.5) is 5.69 Å². The molecule has 2 nitrogen and oxygen atoms in total. The molecule has 17 heavy (non-hydrogen) atoms. The average Bonchev–Trinajstić information content (AvgIpc) is 2.75. The minimum atomic E-state index is -0.0160. The first-order chi connectivity index (χ1) is 8.20. The van der Waals surface area contributed by atoms with Crippen LogP contribution in [0.3, 0.4) is 0 Å². The molecule has 1 aromatic heterocycles. The fraction of sp³-hybridized carbons (Fsp3) is 0.286. The molecule has 0 radical (unpaired) electrons. The summed E-state index contributed by atoms with van der Waals surface area (Å²) < 4.78 is 0. The van der Waals surface area contributed by atoms with E-state index in [-0.39, 0.29) is 12.6 Å². The molecule has 0 aliphatic carbocycles. The standard InChI is InChI=1S/C14H17NOS/c1-10-3-5-12(6-4-10)15-13(9-16)14-11(2)7-8-17-14/h3-8,13,15-16H,9H2,1-2H3. The predicted molar refractivity (Wildman–Crippen MR) is 73.7 cm³/mol. The van der Waals surface area contributed by atoms with Gasteiger partial charge in [-0.1, -0.05) is 17.7 Å². The summed E-state index contributed by atoms with van der Waals surface area (Å²) in [6.45, 7) is 4.25. The van der Waals surface area contributed by atoms with E-state index in [1.54, 1.807) is 11.3 Å². The Morgan fingerprint density at radius 2 is 1.88 bits per heavy atom. The van der Waals surface area contributed by atoms with Gasteiger partial charge in [-0.25, -0.2) is 0 Å². The topological polar surface area (TPSA) is 32.3 Å². The number of anilines is 1. The molecule has 0 spiro atoms. The number of thiophene rings is 1. The predicted octanol–water partition coefficient (Wildman–Crippen LogP) is 3.51. The minimum absolute atomic E-state index is 0.0160. The highest BCUT2D eigenvalue weighted by Crippen LogP contribution is 2.26. The van der Waals surface area contributed by atoms with Crippen molar-refractivity contribution in [3.8, 4) is 0 Å². The Kier molecular flexibility index (Phi) is 3.82. The van der Waals surface area contributed by atoms with Crippen molar-refractivity contribution in [2.24, 2.45) is 0 Å². The van der Waals surface area contributed by atoms with Gasteiger partial charge in [0.2, 0.25) is 0 Å². The maximum Gasteiger partial charge on any atom is 0.0840 e. The van der Waals surface area contributed by atoms with E-state index in [0.717, 1.165) is 5.69 Å². The number of hydrogen-bond donors (Lipinski definition) is 2. The summed E-state index contributed by atoms with van der Waals surface area (Å²) in [5, 5.41) is 14.9. The quantitative estimate of drug-likeness (QED) is 0.866. The lowest BCUT2D eigenvalue weighted by atomic mass is 10.1. The second-order valence-corrected chi connectivity index (χ2v) is 5.16. The van der Waals surface area contributed by atoms with Crippen molar-refractivity contribution >= 4 is 17.0 Å². The number of rotatable bonds is 4. The largest absolute Gasteiger partial charge is 0.394 e. The Bertz CT molecular complexity index is 475. The van der Waals surface area contributed by atoms with Gasteiger partial charge in [-0.2, -0.15) is 0 Å². The Balaban J connectivity index is 2.16. The van der Waals surface area contributed by atoms with Gasteiger partial charge in [-0.15, -0.1) is 11.3 Å². The maximum atomic E-state index is 9.48. The third kappa shape index (κ3) is 2.87. The fourth-order valence-corrected chi connectivity index (χ4v) is 2.76. The zero-order valence-electron chi connectivity index (χ0n) is 10.1. The molecule has 1 unspecified atom stereocenters. The van der Waals surface area contributed by atoms with Crippen LogP contribution in [0.15, 0.2) is 35.7 Å². The monoisotopic (exact) mass is 247 g/mol. The van der Waals surface area contributed by atoms with E-state index in [9.17, 15) is 5.11 Å². The molecule has 0 bridgehead atoms. The Morgan fingerprint density at radius 3 is 2.41 bits per heavy atom. The van der Waals surface area contributed by atoms with Gasteiger partial charge < -0.3 is 10.4 Å². The summed E-state index contributed by atoms with van der Waals surface area (Å²) in [7, 11) is 0. The van der Waals surface area contributed by atoms with E-state index >= 15 is 0 Å². The number of aliphatic hydroxyl groups is 1. The summed E-state index contributed by atoms with van der Waals surface area (Å²) in [5.41, 5.74) is 3.51. The van der Waals surface area contributed by atoms with Crippen LogP contribution in [-0.2, 0) is 0 Å². The van der Waals surface area contributed by atoms with Gasteiger partial charge in [0.25, 0.3) is 0 Å². The molecule has 3 heteroatoms. The highest BCUT2D eigenvalue weighted by Gasteiger charge is 2.13. The second kappa shape index (κ2) is 5.34. The Morgan fingerprint density at radius 1 is 1.18 bits per heavy atom. The molecule has 0 amide bonds. The van der Waals surface area contributed by atoms with Gasteiger partial charge >= 0.3 is 0 Å². The molecular formula is C14H17NOS. The third-order valence-corrected chi connectivity index (χ3v) is 3.93. The average molecular weight is 247 g/mol. The first-order valence-corrected chi connectivity index (χ1v) is 6.56. The van der Waals surface area contributed by atoms with Crippen molar-refractivity contribution in [2.75, 3.05) is 11.9 Å². The summed E-state index contributed by atoms with van der Waals surface area (Å²) >= 11 is 1.68. The minimum Gasteiger partial charge on any atom is -0.394 e. The van der Waals surface area contributed by atoms with E-state index in [1.165, 1.54) is 16.0 Å². The van der Waals surface area contributed by atoms with Crippen molar-refractivity contribution in [2.45, 2.75) is 19.9 Å². The molecule has 1 atom stereocenters. The number of aryl methyl sites for hydroxylation is 2. The first-order valence-electron chi connectivity index (χ1n) is 5.69. The smallest absolute Gasteiger partial charge is 0.0840 e. The molecule has 1 heterocycles. The van der Waals surface area contributed by atoms with E-state index in [0.29, 0.717) is 0 Å². The van der Waals surface area contributed by atoms with Gasteiger partial charge in [-0.05, 0) is 43.0 Å². The van der Waals surface area contributed by atoms with E-state index in [4.69, 9.17) is 0 Å². The van der Waals surface area contributed by atoms with Crippen LogP contribution >= 0.6 is 11.3 Å². The second-order valence-electron chi connectivity index (χ2n) is 4.21. The molecule has 90 valence electrons. The number of benzene rings is 1. The molecule has 0 fully saturated rings. The molecule has 0 saturated carbocycles.